The largest absolute Gasteiger partial charge is 0.461 e. The second-order valence-electron chi connectivity index (χ2n) is 8.14. The van der Waals surface area contributed by atoms with Gasteiger partial charge in [-0.1, -0.05) is 18.2 Å². The Balaban J connectivity index is 1.58. The summed E-state index contributed by atoms with van der Waals surface area (Å²) in [7, 11) is 2.36. The van der Waals surface area contributed by atoms with Crippen LogP contribution in [0.4, 0.5) is 8.78 Å². The van der Waals surface area contributed by atoms with Crippen LogP contribution in [0.5, 0.6) is 0 Å². The zero-order valence-corrected chi connectivity index (χ0v) is 19.8. The number of aromatic nitrogens is 2. The van der Waals surface area contributed by atoms with Crippen LogP contribution in [-0.4, -0.2) is 39.0 Å². The Morgan fingerprint density at radius 3 is 2.71 bits per heavy atom. The average molecular weight is 486 g/mol. The summed E-state index contributed by atoms with van der Waals surface area (Å²) in [6.07, 6.45) is 1.76. The summed E-state index contributed by atoms with van der Waals surface area (Å²) in [6, 6.07) is 9.16. The number of nitrogens with two attached hydrogens (primary N) is 1. The summed E-state index contributed by atoms with van der Waals surface area (Å²) in [5.74, 6) is -2.66. The number of hydrogen-bond donors (Lipinski definition) is 1. The maximum absolute atomic E-state index is 13.7. The van der Waals surface area contributed by atoms with Gasteiger partial charge in [-0.25, -0.2) is 18.6 Å². The van der Waals surface area contributed by atoms with Gasteiger partial charge in [-0.2, -0.15) is 0 Å². The van der Waals surface area contributed by atoms with Gasteiger partial charge >= 0.3 is 5.97 Å². The Bertz CT molecular complexity index is 1250. The predicted molar refractivity (Wildman–Crippen MR) is 126 cm³/mol. The molecule has 2 atom stereocenters. The third kappa shape index (κ3) is 4.86. The van der Waals surface area contributed by atoms with Crippen molar-refractivity contribution in [2.75, 3.05) is 6.61 Å². The summed E-state index contributed by atoms with van der Waals surface area (Å²) in [5.41, 5.74) is 9.19. The van der Waals surface area contributed by atoms with E-state index in [1.165, 1.54) is 0 Å². The highest BCUT2D eigenvalue weighted by Gasteiger charge is 2.29. The molecule has 1 aromatic heterocycles. The smallest absolute Gasteiger partial charge is 0.358 e. The molecule has 0 saturated heterocycles. The first-order valence-electron chi connectivity index (χ1n) is 10.9. The number of imidazole rings is 1. The van der Waals surface area contributed by atoms with E-state index >= 15 is 0 Å². The van der Waals surface area contributed by atoms with Crippen molar-refractivity contribution in [3.63, 3.8) is 0 Å². The molecule has 2 aromatic carbocycles. The van der Waals surface area contributed by atoms with Crippen LogP contribution in [0.2, 0.25) is 0 Å². The topological polar surface area (TPSA) is 90.5 Å². The quantitative estimate of drug-likeness (QED) is 0.428. The van der Waals surface area contributed by atoms with Gasteiger partial charge in [0.2, 0.25) is 5.91 Å². The van der Waals surface area contributed by atoms with Crippen molar-refractivity contribution in [3.8, 4) is 5.69 Å². The number of fused-ring (bicyclic) bond motifs is 3. The second kappa shape index (κ2) is 9.99. The van der Waals surface area contributed by atoms with Gasteiger partial charge in [-0.3, -0.25) is 4.79 Å². The van der Waals surface area contributed by atoms with Crippen LogP contribution in [0.3, 0.4) is 0 Å². The highest BCUT2D eigenvalue weighted by atomic mass is 31.0. The number of nitrogens with zero attached hydrogens (tertiary/aromatic N) is 3. The van der Waals surface area contributed by atoms with Gasteiger partial charge in [0.15, 0.2) is 17.3 Å². The standard InChI is InChI=1S/C24H25F2N4O3P/c1-2-33-24(32)23-20-12-29(11-14-5-3-4-6-19(14)30(20)13-28-23)22(31)9-16(27)7-15-8-17(25)18(26)10-21(15)34/h3-6,8,10,13,16H,2,7,9,11-12,27,34H2,1H3. The normalized spacial score (nSPS) is 13.6. The molecule has 0 fully saturated rings. The average Bonchev–Trinajstić information content (AvgIpc) is 3.13. The number of carbonyl (C=O) groups excluding carboxylic acids is 2. The van der Waals surface area contributed by atoms with Crippen LogP contribution in [0.25, 0.3) is 5.69 Å². The fourth-order valence-electron chi connectivity index (χ4n) is 4.09. The highest BCUT2D eigenvalue weighted by molar-refractivity contribution is 7.27. The lowest BCUT2D eigenvalue weighted by atomic mass is 10.0. The maximum Gasteiger partial charge on any atom is 0.358 e. The molecule has 3 aromatic rings. The number of para-hydroxylation sites is 1. The first-order valence-corrected chi connectivity index (χ1v) is 11.4. The number of carbonyl (C=O) groups is 2. The summed E-state index contributed by atoms with van der Waals surface area (Å²) in [6.45, 7) is 2.40. The fourth-order valence-corrected chi connectivity index (χ4v) is 4.44. The van der Waals surface area contributed by atoms with Gasteiger partial charge in [-0.15, -0.1) is 9.24 Å². The van der Waals surface area contributed by atoms with Crippen molar-refractivity contribution in [1.29, 1.82) is 0 Å². The number of benzene rings is 2. The fraction of sp³-hybridized carbons (Fsp3) is 0.292. The minimum Gasteiger partial charge on any atom is -0.461 e. The van der Waals surface area contributed by atoms with Gasteiger partial charge in [0.1, 0.15) is 6.33 Å². The Morgan fingerprint density at radius 2 is 1.94 bits per heavy atom. The van der Waals surface area contributed by atoms with Crippen LogP contribution < -0.4 is 11.0 Å². The molecular weight excluding hydrogens is 461 g/mol. The van der Waals surface area contributed by atoms with E-state index in [2.05, 4.69) is 14.2 Å². The van der Waals surface area contributed by atoms with E-state index < -0.39 is 23.6 Å². The lowest BCUT2D eigenvalue weighted by molar-refractivity contribution is -0.132. The molecule has 0 bridgehead atoms. The molecular formula is C24H25F2N4O3P. The molecule has 0 saturated carbocycles. The van der Waals surface area contributed by atoms with Crippen LogP contribution >= 0.6 is 9.24 Å². The highest BCUT2D eigenvalue weighted by Crippen LogP contribution is 2.27. The third-order valence-corrected chi connectivity index (χ3v) is 6.28. The van der Waals surface area contributed by atoms with Crippen LogP contribution in [0, 0.1) is 11.6 Å². The number of halogens is 2. The molecule has 1 amide bonds. The minimum absolute atomic E-state index is 0.00581. The van der Waals surface area contributed by atoms with Gasteiger partial charge < -0.3 is 19.9 Å². The van der Waals surface area contributed by atoms with E-state index in [1.807, 2.05) is 24.3 Å². The van der Waals surface area contributed by atoms with Crippen molar-refractivity contribution in [2.45, 2.75) is 38.9 Å². The van der Waals surface area contributed by atoms with E-state index in [-0.39, 0.29) is 37.6 Å². The lowest BCUT2D eigenvalue weighted by Crippen LogP contribution is -2.36. The van der Waals surface area contributed by atoms with E-state index in [0.717, 1.165) is 23.4 Å². The SMILES string of the molecule is CCOC(=O)c1ncn2c1CN(C(=O)CC(N)Cc1cc(F)c(F)cc1P)Cc1ccccc1-2. The Kier molecular flexibility index (Phi) is 7.05. The molecule has 178 valence electrons. The molecule has 2 N–H and O–H groups in total. The predicted octanol–water partition coefficient (Wildman–Crippen LogP) is 2.63. The van der Waals surface area contributed by atoms with Crippen molar-refractivity contribution in [1.82, 2.24) is 14.5 Å². The van der Waals surface area contributed by atoms with Crippen molar-refractivity contribution < 1.29 is 23.1 Å². The molecule has 2 heterocycles. The Labute approximate surface area is 198 Å². The number of rotatable bonds is 6. The first kappa shape index (κ1) is 24.0. The van der Waals surface area contributed by atoms with Gasteiger partial charge in [-0.05, 0) is 48.0 Å². The van der Waals surface area contributed by atoms with E-state index in [1.54, 1.807) is 22.7 Å². The van der Waals surface area contributed by atoms with Gasteiger partial charge in [0.05, 0.1) is 24.5 Å². The van der Waals surface area contributed by atoms with Crippen molar-refractivity contribution in [2.24, 2.45) is 5.73 Å². The van der Waals surface area contributed by atoms with E-state index in [9.17, 15) is 18.4 Å². The van der Waals surface area contributed by atoms with Crippen molar-refractivity contribution >= 4 is 26.4 Å². The number of hydrogen-bond acceptors (Lipinski definition) is 5. The molecule has 34 heavy (non-hydrogen) atoms. The second-order valence-corrected chi connectivity index (χ2v) is 8.76. The summed E-state index contributed by atoms with van der Waals surface area (Å²) in [5, 5.41) is 0.494. The summed E-state index contributed by atoms with van der Waals surface area (Å²) in [4.78, 5) is 31.6. The molecule has 2 unspecified atom stereocenters. The first-order chi connectivity index (χ1) is 16.3. The molecule has 1 aliphatic rings. The molecule has 4 rings (SSSR count). The van der Waals surface area contributed by atoms with Gasteiger partial charge in [0, 0.05) is 19.0 Å². The Hall–Kier alpha value is -3.16. The van der Waals surface area contributed by atoms with Crippen molar-refractivity contribution in [3.05, 3.63) is 76.9 Å². The lowest BCUT2D eigenvalue weighted by Gasteiger charge is -2.23. The zero-order valence-electron chi connectivity index (χ0n) is 18.6. The number of ether oxygens (including phenoxy) is 1. The molecule has 0 spiro atoms. The minimum atomic E-state index is -0.955. The van der Waals surface area contributed by atoms with Crippen LogP contribution in [0.1, 0.15) is 40.7 Å². The molecule has 7 nitrogen and oxygen atoms in total. The molecule has 0 aliphatic carbocycles. The third-order valence-electron chi connectivity index (χ3n) is 5.74. The summed E-state index contributed by atoms with van der Waals surface area (Å²) < 4.78 is 34.0. The maximum atomic E-state index is 13.7. The number of esters is 1. The van der Waals surface area contributed by atoms with E-state index in [0.29, 0.717) is 23.1 Å². The monoisotopic (exact) mass is 486 g/mol. The van der Waals surface area contributed by atoms with E-state index in [4.69, 9.17) is 10.5 Å². The molecule has 0 radical (unpaired) electrons. The molecule has 10 heteroatoms. The number of amides is 1. The molecule has 1 aliphatic heterocycles. The van der Waals surface area contributed by atoms with Crippen LogP contribution in [-0.2, 0) is 29.0 Å². The zero-order chi connectivity index (χ0) is 24.4. The van der Waals surface area contributed by atoms with Crippen LogP contribution in [0.15, 0.2) is 42.7 Å². The van der Waals surface area contributed by atoms with Gasteiger partial charge in [0.25, 0.3) is 0 Å². The summed E-state index contributed by atoms with van der Waals surface area (Å²) >= 11 is 0. The Morgan fingerprint density at radius 1 is 1.21 bits per heavy atom.